The van der Waals surface area contributed by atoms with Gasteiger partial charge in [0.1, 0.15) is 29.2 Å². The molecule has 3 unspecified atom stereocenters. The van der Waals surface area contributed by atoms with Gasteiger partial charge < -0.3 is 9.47 Å². The molecule has 1 fully saturated rings. The first-order valence-corrected chi connectivity index (χ1v) is 10.4. The SMILES string of the molecule is CC1(C)C(C(=O)OC(C#N)c2cccc(Oc3ccc(F)cc3)c2)C1/C(F)=C(\F)C(Cl)Cl. The Bertz CT molecular complexity index is 1080. The number of nitriles is 1. The monoisotopic (exact) mass is 483 g/mol. The maximum Gasteiger partial charge on any atom is 0.311 e. The van der Waals surface area contributed by atoms with Crippen molar-refractivity contribution in [2.75, 3.05) is 0 Å². The molecule has 4 nitrogen and oxygen atoms in total. The van der Waals surface area contributed by atoms with Crippen molar-refractivity contribution >= 4 is 29.2 Å². The van der Waals surface area contributed by atoms with Crippen molar-refractivity contribution in [3.8, 4) is 17.6 Å². The zero-order valence-electron chi connectivity index (χ0n) is 17.0. The first kappa shape index (κ1) is 24.0. The molecule has 0 saturated heterocycles. The third kappa shape index (κ3) is 5.03. The van der Waals surface area contributed by atoms with E-state index in [1.165, 1.54) is 30.3 Å². The Morgan fingerprint density at radius 2 is 1.75 bits per heavy atom. The molecule has 0 bridgehead atoms. The van der Waals surface area contributed by atoms with Gasteiger partial charge in [-0.05, 0) is 41.8 Å². The minimum atomic E-state index is -1.68. The fourth-order valence-corrected chi connectivity index (χ4v) is 3.75. The topological polar surface area (TPSA) is 59.3 Å². The van der Waals surface area contributed by atoms with Crippen molar-refractivity contribution < 1.29 is 27.4 Å². The van der Waals surface area contributed by atoms with Gasteiger partial charge in [0.25, 0.3) is 0 Å². The number of hydrogen-bond acceptors (Lipinski definition) is 4. The number of allylic oxidation sites excluding steroid dienone is 2. The van der Waals surface area contributed by atoms with Crippen LogP contribution in [0.15, 0.2) is 60.2 Å². The summed E-state index contributed by atoms with van der Waals surface area (Å²) in [6.07, 6.45) is -1.30. The lowest BCUT2D eigenvalue weighted by Gasteiger charge is -2.13. The Morgan fingerprint density at radius 3 is 2.34 bits per heavy atom. The van der Waals surface area contributed by atoms with Gasteiger partial charge in [-0.3, -0.25) is 4.79 Å². The standard InChI is InChI=1S/C23H18Cl2F3NO3/c1-23(2)17(19(27)20(28)21(24)25)18(23)22(30)32-16(11-29)12-4-3-5-15(10-12)31-14-8-6-13(26)7-9-14/h3-10,16-18,21H,1-2H3/b20-19+. The van der Waals surface area contributed by atoms with Crippen LogP contribution in [0.4, 0.5) is 13.2 Å². The van der Waals surface area contributed by atoms with E-state index < -0.39 is 51.6 Å². The summed E-state index contributed by atoms with van der Waals surface area (Å²) in [4.78, 5) is 11.0. The van der Waals surface area contributed by atoms with E-state index in [-0.39, 0.29) is 0 Å². The second kappa shape index (κ2) is 9.43. The van der Waals surface area contributed by atoms with Crippen LogP contribution in [0.3, 0.4) is 0 Å². The number of esters is 1. The lowest BCUT2D eigenvalue weighted by molar-refractivity contribution is -0.149. The fourth-order valence-electron chi connectivity index (χ4n) is 3.54. The van der Waals surface area contributed by atoms with Crippen molar-refractivity contribution in [3.05, 3.63) is 71.6 Å². The van der Waals surface area contributed by atoms with E-state index in [9.17, 15) is 23.2 Å². The number of rotatable bonds is 7. The summed E-state index contributed by atoms with van der Waals surface area (Å²) in [6, 6.07) is 13.5. The number of nitrogens with zero attached hydrogens (tertiary/aromatic N) is 1. The predicted molar refractivity (Wildman–Crippen MR) is 113 cm³/mol. The van der Waals surface area contributed by atoms with Crippen LogP contribution in [0, 0.1) is 34.4 Å². The smallest absolute Gasteiger partial charge is 0.311 e. The van der Waals surface area contributed by atoms with Gasteiger partial charge in [-0.25, -0.2) is 13.2 Å². The fraction of sp³-hybridized carbons (Fsp3) is 0.304. The van der Waals surface area contributed by atoms with E-state index in [1.807, 2.05) is 6.07 Å². The van der Waals surface area contributed by atoms with E-state index >= 15 is 0 Å². The van der Waals surface area contributed by atoms with E-state index in [0.29, 0.717) is 17.1 Å². The number of carbonyl (C=O) groups is 1. The molecular weight excluding hydrogens is 466 g/mol. The average Bonchev–Trinajstić information content (AvgIpc) is 3.34. The van der Waals surface area contributed by atoms with E-state index in [1.54, 1.807) is 32.0 Å². The van der Waals surface area contributed by atoms with Crippen molar-refractivity contribution in [1.82, 2.24) is 0 Å². The van der Waals surface area contributed by atoms with Gasteiger partial charge in [0.05, 0.1) is 5.92 Å². The minimum Gasteiger partial charge on any atom is -0.457 e. The van der Waals surface area contributed by atoms with E-state index in [4.69, 9.17) is 32.7 Å². The van der Waals surface area contributed by atoms with Crippen molar-refractivity contribution in [1.29, 1.82) is 5.26 Å². The number of halogens is 5. The van der Waals surface area contributed by atoms with Gasteiger partial charge in [-0.15, -0.1) is 0 Å². The lowest BCUT2D eigenvalue weighted by atomic mass is 10.1. The van der Waals surface area contributed by atoms with Gasteiger partial charge >= 0.3 is 5.97 Å². The van der Waals surface area contributed by atoms with E-state index in [2.05, 4.69) is 0 Å². The molecule has 0 aromatic heterocycles. The highest BCUT2D eigenvalue weighted by Gasteiger charge is 2.66. The van der Waals surface area contributed by atoms with Crippen LogP contribution in [-0.4, -0.2) is 10.8 Å². The molecule has 0 radical (unpaired) electrons. The average molecular weight is 484 g/mol. The molecule has 0 amide bonds. The van der Waals surface area contributed by atoms with Gasteiger partial charge in [-0.2, -0.15) is 5.26 Å². The number of alkyl halides is 2. The summed E-state index contributed by atoms with van der Waals surface area (Å²) in [5, 5.41) is 9.52. The van der Waals surface area contributed by atoms with Crippen molar-refractivity contribution in [2.24, 2.45) is 17.3 Å². The number of ether oxygens (including phenoxy) is 2. The second-order valence-corrected chi connectivity index (χ2v) is 8.94. The summed E-state index contributed by atoms with van der Waals surface area (Å²) >= 11 is 10.8. The van der Waals surface area contributed by atoms with Crippen molar-refractivity contribution in [3.63, 3.8) is 0 Å². The highest BCUT2D eigenvalue weighted by molar-refractivity contribution is 6.46. The molecule has 1 aliphatic rings. The lowest BCUT2D eigenvalue weighted by Crippen LogP contribution is -2.14. The molecule has 0 heterocycles. The Balaban J connectivity index is 1.74. The Hall–Kier alpha value is -2.69. The number of benzene rings is 2. The van der Waals surface area contributed by atoms with Gasteiger partial charge in [0.15, 0.2) is 10.7 Å². The van der Waals surface area contributed by atoms with E-state index in [0.717, 1.165) is 0 Å². The molecule has 32 heavy (non-hydrogen) atoms. The van der Waals surface area contributed by atoms with Crippen LogP contribution in [0.2, 0.25) is 0 Å². The summed E-state index contributed by atoms with van der Waals surface area (Å²) < 4.78 is 52.2. The van der Waals surface area contributed by atoms with Crippen molar-refractivity contribution in [2.45, 2.75) is 24.8 Å². The third-order valence-electron chi connectivity index (χ3n) is 5.34. The molecule has 1 aliphatic carbocycles. The summed E-state index contributed by atoms with van der Waals surface area (Å²) in [5.74, 6) is -5.20. The third-order valence-corrected chi connectivity index (χ3v) is 5.72. The molecule has 0 N–H and O–H groups in total. The van der Waals surface area contributed by atoms with Gasteiger partial charge in [-0.1, -0.05) is 49.2 Å². The summed E-state index contributed by atoms with van der Waals surface area (Å²) in [5.41, 5.74) is -0.617. The first-order valence-electron chi connectivity index (χ1n) is 9.53. The highest BCUT2D eigenvalue weighted by atomic mass is 35.5. The highest BCUT2D eigenvalue weighted by Crippen LogP contribution is 2.63. The van der Waals surface area contributed by atoms with Crippen LogP contribution < -0.4 is 4.74 Å². The molecule has 2 aromatic carbocycles. The van der Waals surface area contributed by atoms with Gasteiger partial charge in [0, 0.05) is 11.5 Å². The molecule has 3 rings (SSSR count). The number of hydrogen-bond donors (Lipinski definition) is 0. The van der Waals surface area contributed by atoms with Gasteiger partial charge in [0.2, 0.25) is 6.10 Å². The van der Waals surface area contributed by atoms with Crippen LogP contribution in [0.25, 0.3) is 0 Å². The first-order chi connectivity index (χ1) is 15.1. The Kier molecular flexibility index (Phi) is 7.06. The zero-order valence-corrected chi connectivity index (χ0v) is 18.5. The summed E-state index contributed by atoms with van der Waals surface area (Å²) in [7, 11) is 0. The molecule has 0 aliphatic heterocycles. The van der Waals surface area contributed by atoms with Crippen LogP contribution >= 0.6 is 23.2 Å². The molecular formula is C23H18Cl2F3NO3. The normalized spacial score (nSPS) is 20.7. The Morgan fingerprint density at radius 1 is 1.09 bits per heavy atom. The molecule has 2 aromatic rings. The number of carbonyl (C=O) groups excluding carboxylic acids is 1. The maximum atomic E-state index is 14.4. The minimum absolute atomic E-state index is 0.319. The zero-order chi connectivity index (χ0) is 23.6. The second-order valence-electron chi connectivity index (χ2n) is 7.85. The molecule has 1 saturated carbocycles. The molecule has 168 valence electrons. The quantitative estimate of drug-likeness (QED) is 0.315. The molecule has 3 atom stereocenters. The maximum absolute atomic E-state index is 14.4. The Labute approximate surface area is 193 Å². The largest absolute Gasteiger partial charge is 0.457 e. The van der Waals surface area contributed by atoms with Crippen LogP contribution in [0.5, 0.6) is 11.5 Å². The molecule has 0 spiro atoms. The predicted octanol–water partition coefficient (Wildman–Crippen LogP) is 6.95. The summed E-state index contributed by atoms with van der Waals surface area (Å²) in [6.45, 7) is 3.15. The molecule has 9 heteroatoms. The van der Waals surface area contributed by atoms with Crippen LogP contribution in [0.1, 0.15) is 25.5 Å². The van der Waals surface area contributed by atoms with Crippen LogP contribution in [-0.2, 0) is 9.53 Å².